The Balaban J connectivity index is 1.82. The summed E-state index contributed by atoms with van der Waals surface area (Å²) in [6.07, 6.45) is 6.77. The molecule has 0 aromatic carbocycles. The van der Waals surface area contributed by atoms with Crippen molar-refractivity contribution >= 4 is 0 Å². The molecular weight excluding hydrogens is 242 g/mol. The molecule has 0 saturated carbocycles. The van der Waals surface area contributed by atoms with Crippen molar-refractivity contribution < 1.29 is 9.15 Å². The molecule has 2 heterocycles. The molecule has 19 heavy (non-hydrogen) atoms. The smallest absolute Gasteiger partial charge is 0.233 e. The van der Waals surface area contributed by atoms with Crippen molar-refractivity contribution in [2.24, 2.45) is 0 Å². The van der Waals surface area contributed by atoms with Gasteiger partial charge in [0.1, 0.15) is 0 Å². The minimum Gasteiger partial charge on any atom is -0.424 e. The molecule has 0 amide bonds. The van der Waals surface area contributed by atoms with E-state index in [0.29, 0.717) is 12.0 Å². The molecule has 1 aliphatic heterocycles. The predicted octanol–water partition coefficient (Wildman–Crippen LogP) is 2.63. The number of rotatable bonds is 7. The highest BCUT2D eigenvalue weighted by Gasteiger charge is 2.18. The van der Waals surface area contributed by atoms with Crippen LogP contribution in [0, 0.1) is 0 Å². The van der Waals surface area contributed by atoms with Gasteiger partial charge in [-0.2, -0.15) is 0 Å². The molecule has 1 aliphatic rings. The van der Waals surface area contributed by atoms with E-state index in [4.69, 9.17) is 9.15 Å². The molecule has 2 unspecified atom stereocenters. The first kappa shape index (κ1) is 14.5. The Bertz CT molecular complexity index is 361. The van der Waals surface area contributed by atoms with Crippen LogP contribution in [0.1, 0.15) is 63.8 Å². The van der Waals surface area contributed by atoms with Gasteiger partial charge in [-0.3, -0.25) is 0 Å². The number of aromatic nitrogens is 2. The van der Waals surface area contributed by atoms with Crippen LogP contribution in [0.5, 0.6) is 0 Å². The van der Waals surface area contributed by atoms with Gasteiger partial charge in [0, 0.05) is 13.0 Å². The van der Waals surface area contributed by atoms with E-state index in [2.05, 4.69) is 29.4 Å². The van der Waals surface area contributed by atoms with Crippen molar-refractivity contribution in [1.82, 2.24) is 15.5 Å². The Morgan fingerprint density at radius 1 is 1.32 bits per heavy atom. The summed E-state index contributed by atoms with van der Waals surface area (Å²) in [5, 5.41) is 11.6. The van der Waals surface area contributed by atoms with Gasteiger partial charge in [-0.25, -0.2) is 0 Å². The van der Waals surface area contributed by atoms with Gasteiger partial charge in [0.15, 0.2) is 0 Å². The Morgan fingerprint density at radius 3 is 2.89 bits per heavy atom. The van der Waals surface area contributed by atoms with Gasteiger partial charge in [0.25, 0.3) is 0 Å². The summed E-state index contributed by atoms with van der Waals surface area (Å²) in [5.41, 5.74) is 0. The molecular formula is C14H25N3O2. The van der Waals surface area contributed by atoms with Crippen molar-refractivity contribution in [3.8, 4) is 0 Å². The summed E-state index contributed by atoms with van der Waals surface area (Å²) in [5.74, 6) is 1.45. The zero-order valence-corrected chi connectivity index (χ0v) is 12.0. The van der Waals surface area contributed by atoms with Crippen LogP contribution in [-0.2, 0) is 11.2 Å². The van der Waals surface area contributed by atoms with E-state index < -0.39 is 0 Å². The molecule has 1 saturated heterocycles. The van der Waals surface area contributed by atoms with E-state index in [1.807, 2.05) is 0 Å². The second kappa shape index (κ2) is 7.60. The average Bonchev–Trinajstić information content (AvgIpc) is 2.92. The second-order valence-corrected chi connectivity index (χ2v) is 5.08. The van der Waals surface area contributed by atoms with Crippen molar-refractivity contribution in [1.29, 1.82) is 0 Å². The van der Waals surface area contributed by atoms with Gasteiger partial charge >= 0.3 is 0 Å². The summed E-state index contributed by atoms with van der Waals surface area (Å²) < 4.78 is 11.5. The van der Waals surface area contributed by atoms with Crippen LogP contribution in [0.4, 0.5) is 0 Å². The fourth-order valence-electron chi connectivity index (χ4n) is 2.48. The Hall–Kier alpha value is -0.940. The summed E-state index contributed by atoms with van der Waals surface area (Å²) in [7, 11) is 0. The fraction of sp³-hybridized carbons (Fsp3) is 0.857. The monoisotopic (exact) mass is 267 g/mol. The van der Waals surface area contributed by atoms with Gasteiger partial charge in [-0.1, -0.05) is 13.8 Å². The van der Waals surface area contributed by atoms with Crippen LogP contribution < -0.4 is 5.32 Å². The number of nitrogens with zero attached hydrogens (tertiary/aromatic N) is 2. The summed E-state index contributed by atoms with van der Waals surface area (Å²) in [4.78, 5) is 0. The first-order valence-electron chi connectivity index (χ1n) is 7.50. The molecule has 0 spiro atoms. The molecule has 0 aliphatic carbocycles. The van der Waals surface area contributed by atoms with Crippen LogP contribution in [0.15, 0.2) is 4.42 Å². The molecule has 1 aromatic heterocycles. The Kier molecular flexibility index (Phi) is 5.79. The lowest BCUT2D eigenvalue weighted by atomic mass is 10.0. The number of hydrogen-bond acceptors (Lipinski definition) is 5. The molecule has 108 valence electrons. The van der Waals surface area contributed by atoms with Crippen molar-refractivity contribution in [3.63, 3.8) is 0 Å². The van der Waals surface area contributed by atoms with Gasteiger partial charge in [-0.15, -0.1) is 10.2 Å². The Morgan fingerprint density at radius 2 is 2.21 bits per heavy atom. The van der Waals surface area contributed by atoms with Gasteiger partial charge in [0.05, 0.1) is 12.1 Å². The van der Waals surface area contributed by atoms with Gasteiger partial charge < -0.3 is 14.5 Å². The normalized spacial score (nSPS) is 21.5. The van der Waals surface area contributed by atoms with Crippen LogP contribution >= 0.6 is 0 Å². The number of ether oxygens (including phenoxy) is 1. The lowest BCUT2D eigenvalue weighted by Gasteiger charge is -2.21. The van der Waals surface area contributed by atoms with E-state index in [1.54, 1.807) is 0 Å². The third-order valence-electron chi connectivity index (χ3n) is 3.59. The predicted molar refractivity (Wildman–Crippen MR) is 72.9 cm³/mol. The minimum absolute atomic E-state index is 0.178. The molecule has 0 bridgehead atoms. The lowest BCUT2D eigenvalue weighted by molar-refractivity contribution is 0.0105. The summed E-state index contributed by atoms with van der Waals surface area (Å²) in [6, 6.07) is 0.178. The topological polar surface area (TPSA) is 60.2 Å². The molecule has 5 nitrogen and oxygen atoms in total. The van der Waals surface area contributed by atoms with E-state index in [-0.39, 0.29) is 6.04 Å². The van der Waals surface area contributed by atoms with E-state index in [9.17, 15) is 0 Å². The highest BCUT2D eigenvalue weighted by Crippen LogP contribution is 2.19. The molecule has 2 atom stereocenters. The third-order valence-corrected chi connectivity index (χ3v) is 3.59. The van der Waals surface area contributed by atoms with Crippen LogP contribution in [0.3, 0.4) is 0 Å². The number of hydrogen-bond donors (Lipinski definition) is 1. The summed E-state index contributed by atoms with van der Waals surface area (Å²) >= 11 is 0. The molecule has 1 N–H and O–H groups in total. The van der Waals surface area contributed by atoms with Crippen molar-refractivity contribution in [2.45, 2.75) is 64.5 Å². The first-order chi connectivity index (χ1) is 9.33. The zero-order valence-electron chi connectivity index (χ0n) is 12.0. The van der Waals surface area contributed by atoms with Crippen LogP contribution in [0.25, 0.3) is 0 Å². The van der Waals surface area contributed by atoms with E-state index in [1.165, 1.54) is 12.8 Å². The molecule has 1 aromatic rings. The maximum atomic E-state index is 5.74. The maximum absolute atomic E-state index is 5.74. The average molecular weight is 267 g/mol. The molecule has 2 rings (SSSR count). The molecule has 0 radical (unpaired) electrons. The Labute approximate surface area is 115 Å². The maximum Gasteiger partial charge on any atom is 0.233 e. The third kappa shape index (κ3) is 4.28. The number of nitrogens with one attached hydrogen (secondary N) is 1. The van der Waals surface area contributed by atoms with Crippen LogP contribution in [-0.4, -0.2) is 29.5 Å². The largest absolute Gasteiger partial charge is 0.424 e. The fourth-order valence-corrected chi connectivity index (χ4v) is 2.48. The van der Waals surface area contributed by atoms with Gasteiger partial charge in [-0.05, 0) is 38.6 Å². The minimum atomic E-state index is 0.178. The highest BCUT2D eigenvalue weighted by atomic mass is 16.5. The SMILES string of the molecule is CCNC(CC)c1nnc(CCC2CCCCO2)o1. The van der Waals surface area contributed by atoms with Crippen molar-refractivity contribution in [3.05, 3.63) is 11.8 Å². The standard InChI is InChI=1S/C14H25N3O2/c1-3-12(15-4-2)14-17-16-13(19-14)9-8-11-7-5-6-10-18-11/h11-12,15H,3-10H2,1-2H3. The first-order valence-corrected chi connectivity index (χ1v) is 7.50. The molecule has 1 fully saturated rings. The van der Waals surface area contributed by atoms with Crippen molar-refractivity contribution in [2.75, 3.05) is 13.2 Å². The molecule has 5 heteroatoms. The van der Waals surface area contributed by atoms with E-state index in [0.717, 1.165) is 44.7 Å². The zero-order chi connectivity index (χ0) is 13.5. The number of aryl methyl sites for hydroxylation is 1. The lowest BCUT2D eigenvalue weighted by Crippen LogP contribution is -2.20. The summed E-state index contributed by atoms with van der Waals surface area (Å²) in [6.45, 7) is 6.01. The highest BCUT2D eigenvalue weighted by molar-refractivity contribution is 4.90. The quantitative estimate of drug-likeness (QED) is 0.823. The second-order valence-electron chi connectivity index (χ2n) is 5.08. The van der Waals surface area contributed by atoms with E-state index >= 15 is 0 Å². The van der Waals surface area contributed by atoms with Gasteiger partial charge in [0.2, 0.25) is 11.8 Å². The van der Waals surface area contributed by atoms with Crippen LogP contribution in [0.2, 0.25) is 0 Å².